The zero-order chi connectivity index (χ0) is 49.0. The van der Waals surface area contributed by atoms with Crippen molar-refractivity contribution >= 4 is 109 Å². The molecule has 0 saturated carbocycles. The van der Waals surface area contributed by atoms with Gasteiger partial charge in [-0.25, -0.2) is 0 Å². The molecule has 348 valence electrons. The third-order valence-corrected chi connectivity index (χ3v) is 16.4. The third-order valence-electron chi connectivity index (χ3n) is 16.4. The van der Waals surface area contributed by atoms with Gasteiger partial charge in [-0.3, -0.25) is 0 Å². The Hall–Kier alpha value is -7.36. The van der Waals surface area contributed by atoms with E-state index in [1.165, 1.54) is 148 Å². The molecule has 0 aliphatic carbocycles. The lowest BCUT2D eigenvalue weighted by Gasteiger charge is -2.22. The molecule has 5 heterocycles. The maximum Gasteiger partial charge on any atom is 0.0620 e. The highest BCUT2D eigenvalue weighted by Crippen LogP contribution is 2.49. The van der Waals surface area contributed by atoms with Crippen LogP contribution in [0.4, 0.5) is 0 Å². The van der Waals surface area contributed by atoms with E-state index in [1.807, 2.05) is 0 Å². The van der Waals surface area contributed by atoms with Crippen molar-refractivity contribution in [2.75, 3.05) is 0 Å². The fourth-order valence-electron chi connectivity index (χ4n) is 12.4. The van der Waals surface area contributed by atoms with Crippen molar-refractivity contribution in [2.45, 2.75) is 105 Å². The summed E-state index contributed by atoms with van der Waals surface area (Å²) in [6.07, 6.45) is 0. The van der Waals surface area contributed by atoms with E-state index >= 15 is 0 Å². The number of benzene rings is 9. The van der Waals surface area contributed by atoms with Crippen molar-refractivity contribution in [3.63, 3.8) is 0 Å². The molecule has 0 fully saturated rings. The largest absolute Gasteiger partial charge is 0.309 e. The second-order valence-corrected chi connectivity index (χ2v) is 25.2. The van der Waals surface area contributed by atoms with Crippen molar-refractivity contribution in [1.82, 2.24) is 13.4 Å². The number of hydrogen-bond acceptors (Lipinski definition) is 0. The summed E-state index contributed by atoms with van der Waals surface area (Å²) in [7, 11) is 0. The first kappa shape index (κ1) is 42.5. The van der Waals surface area contributed by atoms with Gasteiger partial charge < -0.3 is 13.4 Å². The molecule has 71 heavy (non-hydrogen) atoms. The molecule has 0 aliphatic rings. The molecule has 0 atom stereocenters. The molecule has 0 saturated heterocycles. The Morgan fingerprint density at radius 2 is 0.718 bits per heavy atom. The monoisotopic (exact) mass is 919 g/mol. The van der Waals surface area contributed by atoms with E-state index in [0.717, 1.165) is 0 Å². The quantitative estimate of drug-likeness (QED) is 0.164. The minimum absolute atomic E-state index is 0.000160. The summed E-state index contributed by atoms with van der Waals surface area (Å²) < 4.78 is 7.65. The number of hydrogen-bond donors (Lipinski definition) is 0. The van der Waals surface area contributed by atoms with Gasteiger partial charge in [-0.1, -0.05) is 132 Å². The average molecular weight is 920 g/mol. The predicted molar refractivity (Wildman–Crippen MR) is 308 cm³/mol. The van der Waals surface area contributed by atoms with Crippen LogP contribution in [0.15, 0.2) is 152 Å². The predicted octanol–water partition coefficient (Wildman–Crippen LogP) is 19.1. The standard InChI is InChI=1S/C68H61N3/c1-65(2,3)41-23-25-59-51(31-41)54-35-43(67(7,8)9)33-52-49-27-39-28-50-53-34-44(68(10,11)12)37-56-55-36-42(66(4,5)6)32-47(62(55)71(64(53)56)61(50)30-40(39)29-60(49)70(59)63(52)54)38-22-24-58-48(26-38)46-20-16-17-21-57(46)69(58)45-18-14-13-15-19-45/h13-37H,1-12H3. The highest BCUT2D eigenvalue weighted by Gasteiger charge is 2.29. The van der Waals surface area contributed by atoms with E-state index in [1.54, 1.807) is 0 Å². The molecule has 0 amide bonds. The van der Waals surface area contributed by atoms with Gasteiger partial charge in [0, 0.05) is 65.1 Å². The molecular formula is C68H61N3. The van der Waals surface area contributed by atoms with E-state index < -0.39 is 0 Å². The molecule has 9 aromatic carbocycles. The van der Waals surface area contributed by atoms with Crippen LogP contribution in [0.1, 0.15) is 105 Å². The molecule has 0 spiro atoms. The van der Waals surface area contributed by atoms with Crippen LogP contribution in [0.3, 0.4) is 0 Å². The van der Waals surface area contributed by atoms with Crippen LogP contribution >= 0.6 is 0 Å². The lowest BCUT2D eigenvalue weighted by molar-refractivity contribution is 0.590. The van der Waals surface area contributed by atoms with Gasteiger partial charge >= 0.3 is 0 Å². The Bertz CT molecular complexity index is 4580. The van der Waals surface area contributed by atoms with Crippen LogP contribution in [-0.2, 0) is 21.7 Å². The summed E-state index contributed by atoms with van der Waals surface area (Å²) in [5.74, 6) is 0. The molecular weight excluding hydrogens is 859 g/mol. The number of fused-ring (bicyclic) bond motifs is 16. The average Bonchev–Trinajstić information content (AvgIpc) is 4.11. The Morgan fingerprint density at radius 3 is 1.32 bits per heavy atom. The lowest BCUT2D eigenvalue weighted by Crippen LogP contribution is -2.11. The third kappa shape index (κ3) is 5.90. The Morgan fingerprint density at radius 1 is 0.282 bits per heavy atom. The van der Waals surface area contributed by atoms with Crippen LogP contribution in [0.2, 0.25) is 0 Å². The van der Waals surface area contributed by atoms with E-state index in [0.29, 0.717) is 0 Å². The topological polar surface area (TPSA) is 13.8 Å². The highest BCUT2D eigenvalue weighted by atomic mass is 15.0. The Balaban J connectivity index is 1.11. The second-order valence-electron chi connectivity index (χ2n) is 25.2. The number of rotatable bonds is 2. The van der Waals surface area contributed by atoms with Gasteiger partial charge in [0.05, 0.1) is 44.1 Å². The van der Waals surface area contributed by atoms with Gasteiger partial charge in [-0.15, -0.1) is 0 Å². The zero-order valence-electron chi connectivity index (χ0n) is 43.3. The van der Waals surface area contributed by atoms with Crippen LogP contribution in [0.25, 0.3) is 126 Å². The van der Waals surface area contributed by atoms with Crippen molar-refractivity contribution in [1.29, 1.82) is 0 Å². The Labute approximate surface area is 415 Å². The van der Waals surface area contributed by atoms with Crippen molar-refractivity contribution < 1.29 is 0 Å². The first-order chi connectivity index (χ1) is 33.7. The van der Waals surface area contributed by atoms with Crippen LogP contribution < -0.4 is 0 Å². The highest BCUT2D eigenvalue weighted by molar-refractivity contribution is 6.29. The van der Waals surface area contributed by atoms with Gasteiger partial charge in [0.15, 0.2) is 0 Å². The first-order valence-electron chi connectivity index (χ1n) is 25.8. The molecule has 14 aromatic rings. The molecule has 0 N–H and O–H groups in total. The van der Waals surface area contributed by atoms with Crippen molar-refractivity contribution in [2.24, 2.45) is 0 Å². The van der Waals surface area contributed by atoms with Crippen LogP contribution in [0.5, 0.6) is 0 Å². The fraction of sp³-hybridized carbons (Fsp3) is 0.235. The molecule has 3 nitrogen and oxygen atoms in total. The molecule has 5 aromatic heterocycles. The smallest absolute Gasteiger partial charge is 0.0620 e. The minimum Gasteiger partial charge on any atom is -0.309 e. The summed E-state index contributed by atoms with van der Waals surface area (Å²) in [5, 5.41) is 15.7. The molecule has 0 radical (unpaired) electrons. The van der Waals surface area contributed by atoms with Crippen molar-refractivity contribution in [3.8, 4) is 16.8 Å². The van der Waals surface area contributed by atoms with E-state index in [9.17, 15) is 0 Å². The molecule has 0 unspecified atom stereocenters. The van der Waals surface area contributed by atoms with Gasteiger partial charge in [0.1, 0.15) is 0 Å². The minimum atomic E-state index is -0.0680. The SMILES string of the molecule is CC(C)(C)c1ccc2c(c1)c1cc(C(C)(C)C)cc3c4cc5cc6c7cc(C(C)(C)C)cc8c9cc(C(C)(C)C)cc(-c%10ccc%11c(c%10)c%10ccccc%10n%11-c%10ccccc%10)c9n(c6cc5cc4n2c13)c78. The van der Waals surface area contributed by atoms with Crippen LogP contribution in [-0.4, -0.2) is 13.4 Å². The zero-order valence-corrected chi connectivity index (χ0v) is 43.3. The summed E-state index contributed by atoms with van der Waals surface area (Å²) in [5.41, 5.74) is 19.2. The fourth-order valence-corrected chi connectivity index (χ4v) is 12.4. The molecule has 14 rings (SSSR count). The van der Waals surface area contributed by atoms with E-state index in [4.69, 9.17) is 0 Å². The number of para-hydroxylation sites is 2. The van der Waals surface area contributed by atoms with Gasteiger partial charge in [0.25, 0.3) is 0 Å². The van der Waals surface area contributed by atoms with E-state index in [2.05, 4.69) is 248 Å². The number of aromatic nitrogens is 3. The second kappa shape index (κ2) is 13.7. The van der Waals surface area contributed by atoms with Gasteiger partial charge in [-0.05, 0) is 163 Å². The summed E-state index contributed by atoms with van der Waals surface area (Å²) in [6, 6.07) is 59.2. The van der Waals surface area contributed by atoms with Crippen molar-refractivity contribution in [3.05, 3.63) is 174 Å². The van der Waals surface area contributed by atoms with Gasteiger partial charge in [0.2, 0.25) is 0 Å². The summed E-state index contributed by atoms with van der Waals surface area (Å²) in [6.45, 7) is 28.2. The maximum atomic E-state index is 2.65. The molecule has 0 aliphatic heterocycles. The summed E-state index contributed by atoms with van der Waals surface area (Å²) >= 11 is 0. The van der Waals surface area contributed by atoms with Gasteiger partial charge in [-0.2, -0.15) is 0 Å². The van der Waals surface area contributed by atoms with Crippen LogP contribution in [0, 0.1) is 0 Å². The lowest BCUT2D eigenvalue weighted by atomic mass is 9.83. The molecule has 3 heteroatoms. The number of nitrogens with zero attached hydrogens (tertiary/aromatic N) is 3. The normalized spacial score (nSPS) is 13.6. The Kier molecular flexibility index (Phi) is 8.22. The summed E-state index contributed by atoms with van der Waals surface area (Å²) in [4.78, 5) is 0. The molecule has 0 bridgehead atoms. The van der Waals surface area contributed by atoms with E-state index in [-0.39, 0.29) is 21.7 Å². The first-order valence-corrected chi connectivity index (χ1v) is 25.8. The maximum absolute atomic E-state index is 2.65.